The Morgan fingerprint density at radius 2 is 0.766 bits per heavy atom. The van der Waals surface area contributed by atoms with Crippen LogP contribution in [0.3, 0.4) is 0 Å². The molecule has 17 nitrogen and oxygen atoms in total. The van der Waals surface area contributed by atoms with Gasteiger partial charge in [0, 0.05) is 35.9 Å². The summed E-state index contributed by atoms with van der Waals surface area (Å²) in [5.41, 5.74) is -3.04. The average Bonchev–Trinajstić information content (AvgIpc) is 2.95. The second-order valence-electron chi connectivity index (χ2n) is 12.0. The van der Waals surface area contributed by atoms with E-state index in [-0.39, 0.29) is 159 Å². The van der Waals surface area contributed by atoms with Crippen molar-refractivity contribution < 1.29 is 69.2 Å². The van der Waals surface area contributed by atoms with Crippen LogP contribution in [0.2, 0.25) is 0 Å². The van der Waals surface area contributed by atoms with Crippen LogP contribution in [0.5, 0.6) is 0 Å². The van der Waals surface area contributed by atoms with Crippen molar-refractivity contribution in [1.29, 1.82) is 0 Å². The first-order chi connectivity index (χ1) is 20.1. The summed E-state index contributed by atoms with van der Waals surface area (Å²) in [5.74, 6) is -5.04. The molecule has 0 radical (unpaired) electrons. The fourth-order valence-corrected chi connectivity index (χ4v) is 2.71. The van der Waals surface area contributed by atoms with E-state index in [9.17, 15) is 44.1 Å². The number of esters is 2. The molecule has 47 heavy (non-hydrogen) atoms. The minimum atomic E-state index is -1.47. The average molecular weight is 766 g/mol. The molecule has 268 valence electrons. The van der Waals surface area contributed by atoms with Crippen LogP contribution in [0, 0.1) is 16.2 Å². The number of rotatable bonds is 18. The summed E-state index contributed by atoms with van der Waals surface area (Å²) in [6, 6.07) is 0. The fourth-order valence-electron chi connectivity index (χ4n) is 2.71. The van der Waals surface area contributed by atoms with Crippen molar-refractivity contribution in [3.05, 3.63) is 0 Å². The molecule has 10 N–H and O–H groups in total. The van der Waals surface area contributed by atoms with Gasteiger partial charge in [0.25, 0.3) is 0 Å². The van der Waals surface area contributed by atoms with Gasteiger partial charge in [0.15, 0.2) is 0 Å². The Bertz CT molecular complexity index is 934. The van der Waals surface area contributed by atoms with Crippen molar-refractivity contribution in [2.45, 2.75) is 79.1 Å². The van der Waals surface area contributed by atoms with Gasteiger partial charge >= 0.3 is 131 Å². The minimum absolute atomic E-state index is 0. The maximum absolute atomic E-state index is 11.7. The molecule has 0 rings (SSSR count). The van der Waals surface area contributed by atoms with Crippen LogP contribution in [0.25, 0.3) is 0 Å². The summed E-state index contributed by atoms with van der Waals surface area (Å²) < 4.78 is 4.53. The maximum atomic E-state index is 11.7. The zero-order chi connectivity index (χ0) is 34.9. The Hall–Kier alpha value is 0.559. The van der Waals surface area contributed by atoms with Crippen molar-refractivity contribution in [3.8, 4) is 0 Å². The third-order valence-electron chi connectivity index (χ3n) is 6.31. The van der Waals surface area contributed by atoms with Crippen LogP contribution in [0.4, 0.5) is 0 Å². The number of carboxylic acid groups (broad SMARTS) is 1. The predicted octanol–water partition coefficient (Wildman–Crippen LogP) is -5.96. The quantitative estimate of drug-likeness (QED) is 0.0353. The van der Waals surface area contributed by atoms with Crippen LogP contribution < -0.4 is 16.0 Å². The fraction of sp³-hybridized carbons (Fsp3) is 0.778. The van der Waals surface area contributed by atoms with Gasteiger partial charge < -0.3 is 56.4 Å². The molecule has 0 bridgehead atoms. The van der Waals surface area contributed by atoms with E-state index < -0.39 is 83.4 Å². The van der Waals surface area contributed by atoms with Crippen LogP contribution in [0.1, 0.15) is 60.8 Å². The zero-order valence-electron chi connectivity index (χ0n) is 26.1. The molecule has 20 heteroatoms. The molecule has 0 unspecified atom stereocenters. The molecule has 0 aromatic heterocycles. The van der Waals surface area contributed by atoms with Gasteiger partial charge in [-0.05, 0) is 0 Å². The molecule has 0 aliphatic carbocycles. The molecular formula is C27H55Ca3N3O14. The number of nitrogens with one attached hydrogen (secondary N) is 3. The number of ether oxygens (including phenoxy) is 1. The van der Waals surface area contributed by atoms with Crippen molar-refractivity contribution >= 4 is 149 Å². The number of aliphatic hydroxyl groups excluding tert-OH is 6. The molecule has 0 fully saturated rings. The molecule has 0 saturated carbocycles. The molecule has 0 saturated heterocycles. The van der Waals surface area contributed by atoms with Gasteiger partial charge in [-0.15, -0.1) is 0 Å². The van der Waals surface area contributed by atoms with Gasteiger partial charge in [0.1, 0.15) is 18.3 Å². The van der Waals surface area contributed by atoms with E-state index in [1.165, 1.54) is 41.5 Å². The molecule has 0 aliphatic heterocycles. The van der Waals surface area contributed by atoms with Gasteiger partial charge in [-0.3, -0.25) is 28.8 Å². The first kappa shape index (κ1) is 56.9. The third kappa shape index (κ3) is 24.4. The molecule has 0 aromatic carbocycles. The summed E-state index contributed by atoms with van der Waals surface area (Å²) in [6.07, 6.45) is -5.13. The van der Waals surface area contributed by atoms with E-state index in [1.54, 1.807) is 0 Å². The number of aliphatic hydroxyl groups is 6. The topological polar surface area (TPSA) is 289 Å². The van der Waals surface area contributed by atoms with Crippen LogP contribution >= 0.6 is 0 Å². The molecule has 0 spiro atoms. The Kier molecular flexibility index (Phi) is 34.1. The standard InChI is InChI=1S/C18H32N2O9.C9H17NO5.3Ca.6H/c1-17(2,9-21)13(25)15(27)19-7-5-11(23)29-12(24)6-8-20-16(28)14(26)18(3,4)10-22;1-9(2,5-11)7(14)8(15)10-4-3-6(12)13;;;;;;;;;/h13-14,21-22,25-26H,5-10H2,1-4H3,(H,19,27)(H,20,28);7,11,14H,3-5H2,1-2H3,(H,10,15)(H,12,13);;;;;;;;;/t13-,14-;7-;;;;;;;;;/m00........./s1. The zero-order valence-corrected chi connectivity index (χ0v) is 26.1. The van der Waals surface area contributed by atoms with Crippen molar-refractivity contribution in [3.63, 3.8) is 0 Å². The van der Waals surface area contributed by atoms with E-state index in [0.29, 0.717) is 0 Å². The second-order valence-corrected chi connectivity index (χ2v) is 12.0. The van der Waals surface area contributed by atoms with Crippen molar-refractivity contribution in [2.24, 2.45) is 16.2 Å². The van der Waals surface area contributed by atoms with Gasteiger partial charge in [-0.2, -0.15) is 0 Å². The molecule has 3 atom stereocenters. The molecular weight excluding hydrogens is 711 g/mol. The molecule has 0 aromatic rings. The van der Waals surface area contributed by atoms with Gasteiger partial charge in [0.05, 0.1) is 39.1 Å². The van der Waals surface area contributed by atoms with E-state index in [1.807, 2.05) is 0 Å². The SMILES string of the molecule is CC(C)(CO)[C@@H](O)C(=O)NCCC(=O)O.CC(C)(CO)[C@@H](O)C(=O)NCCC(=O)OC(=O)CCNC(=O)[C@H](O)C(C)(C)CO.[CaH2].[CaH2].[CaH2]. The number of hydrogen-bond acceptors (Lipinski definition) is 13. The number of carbonyl (C=O) groups excluding carboxylic acids is 5. The van der Waals surface area contributed by atoms with E-state index in [2.05, 4.69) is 20.7 Å². The van der Waals surface area contributed by atoms with Crippen LogP contribution in [-0.2, 0) is 33.5 Å². The number of aliphatic carboxylic acids is 1. The van der Waals surface area contributed by atoms with E-state index in [4.69, 9.17) is 20.4 Å². The Morgan fingerprint density at radius 3 is 0.979 bits per heavy atom. The monoisotopic (exact) mass is 765 g/mol. The second kappa shape index (κ2) is 28.2. The number of amides is 3. The molecule has 0 aliphatic rings. The van der Waals surface area contributed by atoms with Gasteiger partial charge in [0.2, 0.25) is 17.7 Å². The first-order valence-electron chi connectivity index (χ1n) is 13.7. The summed E-state index contributed by atoms with van der Waals surface area (Å²) in [5, 5.41) is 71.4. The van der Waals surface area contributed by atoms with Gasteiger partial charge in [-0.1, -0.05) is 41.5 Å². The van der Waals surface area contributed by atoms with Crippen molar-refractivity contribution in [1.82, 2.24) is 16.0 Å². The van der Waals surface area contributed by atoms with Crippen LogP contribution in [-0.4, -0.2) is 242 Å². The summed E-state index contributed by atoms with van der Waals surface area (Å²) in [4.78, 5) is 68.1. The summed E-state index contributed by atoms with van der Waals surface area (Å²) in [6.45, 7) is 7.49. The van der Waals surface area contributed by atoms with Crippen molar-refractivity contribution in [2.75, 3.05) is 39.5 Å². The normalized spacial score (nSPS) is 12.9. The predicted molar refractivity (Wildman–Crippen MR) is 178 cm³/mol. The third-order valence-corrected chi connectivity index (χ3v) is 6.31. The summed E-state index contributed by atoms with van der Waals surface area (Å²) >= 11 is 0. The Balaban J connectivity index is -0.000000279. The molecule has 3 amide bonds. The first-order valence-corrected chi connectivity index (χ1v) is 13.7. The van der Waals surface area contributed by atoms with E-state index >= 15 is 0 Å². The summed E-state index contributed by atoms with van der Waals surface area (Å²) in [7, 11) is 0. The number of carboxylic acids is 1. The Morgan fingerprint density at radius 1 is 0.532 bits per heavy atom. The van der Waals surface area contributed by atoms with Crippen LogP contribution in [0.15, 0.2) is 0 Å². The number of hydrogen-bond donors (Lipinski definition) is 10. The Labute approximate surface area is 364 Å². The van der Waals surface area contributed by atoms with E-state index in [0.717, 1.165) is 0 Å². The van der Waals surface area contributed by atoms with Gasteiger partial charge in [-0.25, -0.2) is 0 Å². The number of carbonyl (C=O) groups is 6. The molecule has 0 heterocycles.